The van der Waals surface area contributed by atoms with Gasteiger partial charge in [-0.15, -0.1) is 0 Å². The number of allylic oxidation sites excluding steroid dienone is 6. The van der Waals surface area contributed by atoms with Gasteiger partial charge in [-0.25, -0.2) is 43.9 Å². The molecular weight excluding hydrogens is 1480 g/mol. The Kier molecular flexibility index (Phi) is 21.7. The second-order valence-corrected chi connectivity index (χ2v) is 29.6. The fraction of sp³-hybridized carbons (Fsp3) is 0.222. The number of benzene rings is 8. The van der Waals surface area contributed by atoms with E-state index in [1.165, 1.54) is 12.2 Å². The number of halogens is 14. The van der Waals surface area contributed by atoms with Crippen LogP contribution < -0.4 is 19.6 Å². The number of anilines is 4. The van der Waals surface area contributed by atoms with Gasteiger partial charge in [0, 0.05) is 147 Å². The highest BCUT2D eigenvalue weighted by atomic mass is 19.3. The van der Waals surface area contributed by atoms with Crippen molar-refractivity contribution in [3.8, 4) is 0 Å². The second-order valence-electron chi connectivity index (χ2n) is 29.6. The Morgan fingerprint density at radius 3 is 0.974 bits per heavy atom. The van der Waals surface area contributed by atoms with Gasteiger partial charge in [-0.1, -0.05) is 125 Å². The first-order valence-electron chi connectivity index (χ1n) is 37.6. The zero-order valence-corrected chi connectivity index (χ0v) is 66.0. The third-order valence-corrected chi connectivity index (χ3v) is 22.4. The smallest absolute Gasteiger partial charge is 0.389 e. The number of nitrogens with zero attached hydrogens (tertiary/aromatic N) is 8. The number of aromatic nitrogens is 2. The summed E-state index contributed by atoms with van der Waals surface area (Å²) in [6.07, 6.45) is 13.9. The van der Waals surface area contributed by atoms with E-state index in [2.05, 4.69) is 0 Å². The third kappa shape index (κ3) is 13.0. The average Bonchev–Trinajstić information content (AvgIpc) is 1.52. The topological polar surface area (TPSA) is 28.8 Å². The van der Waals surface area contributed by atoms with Crippen molar-refractivity contribution in [1.29, 1.82) is 0 Å². The fourth-order valence-corrected chi connectivity index (χ4v) is 16.9. The maximum absolute atomic E-state index is 18.2. The first-order valence-corrected chi connectivity index (χ1v) is 37.6. The molecule has 0 spiro atoms. The Labute approximate surface area is 654 Å². The SMILES string of the molecule is CCC1=C(C)C2=C(c3c(F)c(F)c(F)c(F)c3F)c3c(C)c(CC)c(/C=C/c4ccc(N(C)C)c5ccccc45)n3[B-](F)(F)[N+]2=C1/C=C/c1ccc(N(C)C)c2ccccc12.CCC1=C(C)C2=C(c3c(F)c(F)c(F)c(F)c3F)c3c(C)c(CC)c(/C=C/c4ccc(N(C)C)cc4)n3[B-](F)(F)[N+]2=C1/C=C/c1ccc(N(C)C)cc1. The van der Waals surface area contributed by atoms with Crippen LogP contribution in [0.3, 0.4) is 0 Å². The molecular formula is C90H84B2F14N8. The lowest BCUT2D eigenvalue weighted by Gasteiger charge is -2.34. The van der Waals surface area contributed by atoms with E-state index in [0.717, 1.165) is 73.4 Å². The van der Waals surface area contributed by atoms with Gasteiger partial charge in [-0.2, -0.15) is 0 Å². The normalized spacial score (nSPS) is 15.2. The molecule has 0 unspecified atom stereocenters. The molecule has 0 radical (unpaired) electrons. The van der Waals surface area contributed by atoms with Crippen LogP contribution in [0.5, 0.6) is 0 Å². The summed E-state index contributed by atoms with van der Waals surface area (Å²) in [6, 6.07) is 37.9. The van der Waals surface area contributed by atoms with E-state index in [1.807, 2.05) is 197 Å². The van der Waals surface area contributed by atoms with Crippen LogP contribution in [0.4, 0.5) is 83.9 Å². The summed E-state index contributed by atoms with van der Waals surface area (Å²) >= 11 is 0. The van der Waals surface area contributed by atoms with Crippen LogP contribution in [0.2, 0.25) is 0 Å². The molecule has 8 aromatic carbocycles. The van der Waals surface area contributed by atoms with Crippen molar-refractivity contribution in [2.45, 2.75) is 81.1 Å². The average molecular weight is 1570 g/mol. The van der Waals surface area contributed by atoms with Crippen molar-refractivity contribution in [3.05, 3.63) is 304 Å². The molecule has 6 heterocycles. The molecule has 588 valence electrons. The monoisotopic (exact) mass is 1560 g/mol. The molecule has 14 rings (SSSR count). The van der Waals surface area contributed by atoms with Gasteiger partial charge in [0.1, 0.15) is 0 Å². The van der Waals surface area contributed by atoms with Gasteiger partial charge < -0.3 is 54.8 Å². The summed E-state index contributed by atoms with van der Waals surface area (Å²) in [4.78, 5) is 7.79. The zero-order valence-electron chi connectivity index (χ0n) is 66.0. The molecule has 10 aromatic rings. The Morgan fingerprint density at radius 2 is 0.649 bits per heavy atom. The number of fused-ring (bicyclic) bond motifs is 6. The van der Waals surface area contributed by atoms with Crippen LogP contribution in [-0.4, -0.2) is 99.7 Å². The van der Waals surface area contributed by atoms with Crippen LogP contribution in [-0.2, 0) is 12.8 Å². The predicted molar refractivity (Wildman–Crippen MR) is 439 cm³/mol. The van der Waals surface area contributed by atoms with Gasteiger partial charge >= 0.3 is 13.9 Å². The Bertz CT molecular complexity index is 5960. The highest BCUT2D eigenvalue weighted by Gasteiger charge is 2.60. The molecule has 8 nitrogen and oxygen atoms in total. The first kappa shape index (κ1) is 80.5. The van der Waals surface area contributed by atoms with Gasteiger partial charge in [0.25, 0.3) is 0 Å². The van der Waals surface area contributed by atoms with E-state index in [-0.39, 0.29) is 93.5 Å². The molecule has 0 aliphatic carbocycles. The Hall–Kier alpha value is -11.6. The van der Waals surface area contributed by atoms with Crippen LogP contribution in [0.25, 0.3) is 69.1 Å². The molecule has 4 aliphatic heterocycles. The van der Waals surface area contributed by atoms with Crippen molar-refractivity contribution in [3.63, 3.8) is 0 Å². The summed E-state index contributed by atoms with van der Waals surface area (Å²) in [5.41, 5.74) is 4.88. The van der Waals surface area contributed by atoms with Crippen molar-refractivity contribution < 1.29 is 70.1 Å². The quantitative estimate of drug-likeness (QED) is 0.0371. The molecule has 0 fully saturated rings. The molecule has 0 saturated heterocycles. The molecule has 0 atom stereocenters. The molecule has 0 N–H and O–H groups in total. The molecule has 0 saturated carbocycles. The Balaban J connectivity index is 0.000000201. The largest absolute Gasteiger partial charge is 0.737 e. The second kappa shape index (κ2) is 30.8. The van der Waals surface area contributed by atoms with Crippen molar-refractivity contribution in [2.24, 2.45) is 0 Å². The summed E-state index contributed by atoms with van der Waals surface area (Å²) < 4.78 is 229. The van der Waals surface area contributed by atoms with Crippen LogP contribution in [0.15, 0.2) is 167 Å². The van der Waals surface area contributed by atoms with Crippen LogP contribution >= 0.6 is 0 Å². The number of hydrogen-bond donors (Lipinski definition) is 0. The van der Waals surface area contributed by atoms with Gasteiger partial charge in [0.15, 0.2) is 69.4 Å². The molecule has 4 aliphatic rings. The fourth-order valence-electron chi connectivity index (χ4n) is 16.9. The predicted octanol–water partition coefficient (Wildman–Crippen LogP) is 22.8. The molecule has 114 heavy (non-hydrogen) atoms. The van der Waals surface area contributed by atoms with Gasteiger partial charge in [0.2, 0.25) is 11.6 Å². The van der Waals surface area contributed by atoms with Crippen molar-refractivity contribution in [1.82, 2.24) is 8.96 Å². The third-order valence-electron chi connectivity index (χ3n) is 22.4. The number of rotatable bonds is 18. The van der Waals surface area contributed by atoms with Crippen LogP contribution in [0.1, 0.15) is 133 Å². The lowest BCUT2D eigenvalue weighted by molar-refractivity contribution is -0.362. The van der Waals surface area contributed by atoms with E-state index >= 15 is 52.4 Å². The molecule has 0 amide bonds. The number of hydrogen-bond acceptors (Lipinski definition) is 4. The van der Waals surface area contributed by atoms with E-state index in [0.29, 0.717) is 33.4 Å². The molecule has 24 heteroatoms. The molecule has 2 aromatic heterocycles. The summed E-state index contributed by atoms with van der Waals surface area (Å²) in [7, 11) is 15.3. The minimum atomic E-state index is -4.90. The van der Waals surface area contributed by atoms with Crippen molar-refractivity contribution >= 4 is 117 Å². The maximum atomic E-state index is 18.2. The first-order chi connectivity index (χ1) is 54.1. The zero-order chi connectivity index (χ0) is 82.5. The highest BCUT2D eigenvalue weighted by molar-refractivity contribution is 6.59. The summed E-state index contributed by atoms with van der Waals surface area (Å²) in [6.45, 7) is 3.53. The summed E-state index contributed by atoms with van der Waals surface area (Å²) in [5, 5.41) is 3.61. The standard InChI is InChI=1S/C49H44BF7N4.C41H40BF7N4/c1-9-31-27(3)48-42(41-43(51)45(53)47(55)46(54)44(41)52)49-28(4)32(10-2)40(26-22-30-20-24-38(59(7)8)36-18-14-12-16-34(30)36)61(49)50(56,57)60(48)39(31)25-21-29-19-23-37(58(5)6)35-17-13-11-15-33(29)35;1-9-29-23(3)40-34(33-35(43)37(45)39(47)38(46)36(33)44)41-24(4)30(10-2)32(22-16-26-13-19-28(20-14-26)51(7)8)53(41)42(48,49)52(40)31(29)21-15-25-11-17-27(18-12-25)50(5)6/h11-26H,9-10H2,1-8H3;11-22H,9-10H2,1-8H3/b25-21+,26-22+;21-15+,22-16+. The van der Waals surface area contributed by atoms with Gasteiger partial charge in [0.05, 0.1) is 22.3 Å². The minimum Gasteiger partial charge on any atom is -0.389 e. The minimum absolute atomic E-state index is 0.0531. The van der Waals surface area contributed by atoms with Gasteiger partial charge in [-0.3, -0.25) is 0 Å². The Morgan fingerprint density at radius 1 is 0.342 bits per heavy atom. The van der Waals surface area contributed by atoms with Crippen molar-refractivity contribution in [2.75, 3.05) is 76.0 Å². The highest BCUT2D eigenvalue weighted by Crippen LogP contribution is 2.53. The summed E-state index contributed by atoms with van der Waals surface area (Å²) in [5.74, 6) is -21.7. The van der Waals surface area contributed by atoms with Crippen LogP contribution in [0, 0.1) is 72.0 Å². The lowest BCUT2D eigenvalue weighted by Crippen LogP contribution is -2.52. The maximum Gasteiger partial charge on any atom is 0.737 e. The van der Waals surface area contributed by atoms with E-state index in [9.17, 15) is 8.78 Å². The lowest BCUT2D eigenvalue weighted by atomic mass is 9.83. The van der Waals surface area contributed by atoms with E-state index in [1.54, 1.807) is 91.8 Å². The van der Waals surface area contributed by atoms with Gasteiger partial charge in [-0.05, 0) is 169 Å². The van der Waals surface area contributed by atoms with E-state index < -0.39 is 94.4 Å². The van der Waals surface area contributed by atoms with E-state index in [4.69, 9.17) is 0 Å². The molecule has 0 bridgehead atoms.